The summed E-state index contributed by atoms with van der Waals surface area (Å²) in [6.07, 6.45) is 4.30. The summed E-state index contributed by atoms with van der Waals surface area (Å²) in [7, 11) is 0. The lowest BCUT2D eigenvalue weighted by molar-refractivity contribution is -0.131. The number of piperidine rings is 1. The minimum atomic E-state index is -1.00. The normalized spacial score (nSPS) is 15.5. The second-order valence-corrected chi connectivity index (χ2v) is 5.89. The van der Waals surface area contributed by atoms with Crippen LogP contribution in [0.3, 0.4) is 0 Å². The van der Waals surface area contributed by atoms with E-state index in [1.54, 1.807) is 27.8 Å². The monoisotopic (exact) mass is 331 g/mol. The summed E-state index contributed by atoms with van der Waals surface area (Å²) >= 11 is 0. The maximum atomic E-state index is 13.6. The number of hydrogen-bond acceptors (Lipinski definition) is 3. The summed E-state index contributed by atoms with van der Waals surface area (Å²) in [4.78, 5) is 24.9. The Hall–Kier alpha value is -2.70. The fourth-order valence-corrected chi connectivity index (χ4v) is 2.94. The summed E-state index contributed by atoms with van der Waals surface area (Å²) in [6.45, 7) is 1.11. The Morgan fingerprint density at radius 2 is 1.96 bits per heavy atom. The van der Waals surface area contributed by atoms with Crippen LogP contribution in [0.1, 0.15) is 34.8 Å². The summed E-state index contributed by atoms with van der Waals surface area (Å²) in [5, 5.41) is 13.0. The summed E-state index contributed by atoms with van der Waals surface area (Å²) < 4.78 is 15.3. The molecule has 0 bridgehead atoms. The van der Waals surface area contributed by atoms with Crippen molar-refractivity contribution in [1.82, 2.24) is 14.7 Å². The third-order valence-corrected chi connectivity index (χ3v) is 4.34. The second-order valence-electron chi connectivity index (χ2n) is 5.89. The molecule has 0 unspecified atom stereocenters. The summed E-state index contributed by atoms with van der Waals surface area (Å²) in [5.74, 6) is -1.46. The molecule has 126 valence electrons. The molecule has 0 radical (unpaired) electrons. The molecule has 1 aliphatic rings. The van der Waals surface area contributed by atoms with Crippen molar-refractivity contribution >= 4 is 11.9 Å². The van der Waals surface area contributed by atoms with E-state index in [9.17, 15) is 14.0 Å². The summed E-state index contributed by atoms with van der Waals surface area (Å²) in [6, 6.07) is 6.37. The molecule has 0 atom stereocenters. The number of benzene rings is 1. The first-order chi connectivity index (χ1) is 11.5. The highest BCUT2D eigenvalue weighted by Crippen LogP contribution is 2.23. The topological polar surface area (TPSA) is 75.4 Å². The number of carbonyl (C=O) groups excluding carboxylic acids is 1. The van der Waals surface area contributed by atoms with Crippen molar-refractivity contribution < 1.29 is 19.1 Å². The van der Waals surface area contributed by atoms with E-state index < -0.39 is 5.97 Å². The van der Waals surface area contributed by atoms with Gasteiger partial charge in [-0.05, 0) is 24.5 Å². The highest BCUT2D eigenvalue weighted by molar-refractivity contribution is 5.86. The van der Waals surface area contributed by atoms with Crippen molar-refractivity contribution in [2.24, 2.45) is 0 Å². The largest absolute Gasteiger partial charge is 0.478 e. The maximum Gasteiger partial charge on any atom is 0.338 e. The number of amides is 1. The molecule has 24 heavy (non-hydrogen) atoms. The SMILES string of the molecule is O=C(O)c1cnn(C2CCN(C(=O)Cc3ccccc3F)CC2)c1. The van der Waals surface area contributed by atoms with Crippen LogP contribution in [-0.2, 0) is 11.2 Å². The zero-order valence-corrected chi connectivity index (χ0v) is 13.1. The van der Waals surface area contributed by atoms with E-state index in [0.29, 0.717) is 31.5 Å². The Morgan fingerprint density at radius 3 is 2.58 bits per heavy atom. The first kappa shape index (κ1) is 16.2. The number of hydrogen-bond donors (Lipinski definition) is 1. The fourth-order valence-electron chi connectivity index (χ4n) is 2.94. The number of nitrogens with zero attached hydrogens (tertiary/aromatic N) is 3. The molecule has 3 rings (SSSR count). The van der Waals surface area contributed by atoms with E-state index in [2.05, 4.69) is 5.10 Å². The molecule has 1 amide bonds. The minimum Gasteiger partial charge on any atom is -0.478 e. The number of aromatic nitrogens is 2. The second kappa shape index (κ2) is 6.82. The summed E-state index contributed by atoms with van der Waals surface area (Å²) in [5.41, 5.74) is 0.566. The number of carbonyl (C=O) groups is 2. The Labute approximate surface area is 138 Å². The van der Waals surface area contributed by atoms with E-state index in [0.717, 1.165) is 0 Å². The van der Waals surface area contributed by atoms with Gasteiger partial charge in [-0.1, -0.05) is 18.2 Å². The number of aromatic carboxylic acids is 1. The molecule has 2 heterocycles. The predicted octanol–water partition coefficient (Wildman–Crippen LogP) is 2.13. The molecule has 1 aromatic carbocycles. The van der Waals surface area contributed by atoms with Gasteiger partial charge in [0, 0.05) is 19.3 Å². The van der Waals surface area contributed by atoms with Crippen molar-refractivity contribution in [2.45, 2.75) is 25.3 Å². The molecule has 0 aliphatic carbocycles. The third kappa shape index (κ3) is 3.45. The van der Waals surface area contributed by atoms with E-state index in [-0.39, 0.29) is 29.8 Å². The highest BCUT2D eigenvalue weighted by atomic mass is 19.1. The molecule has 1 saturated heterocycles. The van der Waals surface area contributed by atoms with Crippen LogP contribution in [0.2, 0.25) is 0 Å². The number of carboxylic acid groups (broad SMARTS) is 1. The maximum absolute atomic E-state index is 13.6. The van der Waals surface area contributed by atoms with Crippen molar-refractivity contribution in [2.75, 3.05) is 13.1 Å². The van der Waals surface area contributed by atoms with Crippen LogP contribution in [0.5, 0.6) is 0 Å². The lowest BCUT2D eigenvalue weighted by Crippen LogP contribution is -2.40. The van der Waals surface area contributed by atoms with Gasteiger partial charge in [0.05, 0.1) is 24.2 Å². The van der Waals surface area contributed by atoms with Gasteiger partial charge in [-0.15, -0.1) is 0 Å². The van der Waals surface area contributed by atoms with Crippen LogP contribution in [0.4, 0.5) is 4.39 Å². The average molecular weight is 331 g/mol. The minimum absolute atomic E-state index is 0.0578. The van der Waals surface area contributed by atoms with Gasteiger partial charge in [-0.2, -0.15) is 5.10 Å². The Bertz CT molecular complexity index is 751. The number of carboxylic acids is 1. The molecule has 1 aromatic heterocycles. The zero-order valence-electron chi connectivity index (χ0n) is 13.1. The molecular formula is C17H18FN3O3. The van der Waals surface area contributed by atoms with Crippen molar-refractivity contribution in [3.05, 3.63) is 53.6 Å². The van der Waals surface area contributed by atoms with E-state index in [1.165, 1.54) is 18.5 Å². The molecule has 1 fully saturated rings. The van der Waals surface area contributed by atoms with Gasteiger partial charge in [-0.3, -0.25) is 9.48 Å². The molecule has 2 aromatic rings. The van der Waals surface area contributed by atoms with Crippen LogP contribution in [0.15, 0.2) is 36.7 Å². The van der Waals surface area contributed by atoms with Gasteiger partial charge in [0.2, 0.25) is 5.91 Å². The molecule has 0 spiro atoms. The van der Waals surface area contributed by atoms with E-state index in [1.807, 2.05) is 0 Å². The van der Waals surface area contributed by atoms with Gasteiger partial charge in [0.1, 0.15) is 5.82 Å². The standard InChI is InChI=1S/C17H18FN3O3/c18-15-4-2-1-3-12(15)9-16(22)20-7-5-14(6-8-20)21-11-13(10-19-21)17(23)24/h1-4,10-11,14H,5-9H2,(H,23,24). The highest BCUT2D eigenvalue weighted by Gasteiger charge is 2.25. The number of likely N-dealkylation sites (tertiary alicyclic amines) is 1. The predicted molar refractivity (Wildman–Crippen MR) is 84.1 cm³/mol. The van der Waals surface area contributed by atoms with Crippen LogP contribution >= 0.6 is 0 Å². The molecular weight excluding hydrogens is 313 g/mol. The molecule has 1 N–H and O–H groups in total. The molecule has 6 nitrogen and oxygen atoms in total. The molecule has 7 heteroatoms. The van der Waals surface area contributed by atoms with Crippen molar-refractivity contribution in [3.63, 3.8) is 0 Å². The smallest absolute Gasteiger partial charge is 0.338 e. The van der Waals surface area contributed by atoms with Crippen LogP contribution < -0.4 is 0 Å². The Morgan fingerprint density at radius 1 is 1.25 bits per heavy atom. The van der Waals surface area contributed by atoms with Gasteiger partial charge >= 0.3 is 5.97 Å². The van der Waals surface area contributed by atoms with E-state index in [4.69, 9.17) is 5.11 Å². The number of rotatable bonds is 4. The lowest BCUT2D eigenvalue weighted by Gasteiger charge is -2.32. The first-order valence-corrected chi connectivity index (χ1v) is 7.83. The third-order valence-electron chi connectivity index (χ3n) is 4.34. The lowest BCUT2D eigenvalue weighted by atomic mass is 10.0. The number of halogens is 1. The molecule has 1 aliphatic heterocycles. The van der Waals surface area contributed by atoms with Crippen LogP contribution in [0.25, 0.3) is 0 Å². The first-order valence-electron chi connectivity index (χ1n) is 7.83. The average Bonchev–Trinajstić information content (AvgIpc) is 3.07. The quantitative estimate of drug-likeness (QED) is 0.931. The Kier molecular flexibility index (Phi) is 4.59. The van der Waals surface area contributed by atoms with E-state index >= 15 is 0 Å². The van der Waals surface area contributed by atoms with Crippen LogP contribution in [0, 0.1) is 5.82 Å². The van der Waals surface area contributed by atoms with Crippen LogP contribution in [-0.4, -0.2) is 44.8 Å². The fraction of sp³-hybridized carbons (Fsp3) is 0.353. The van der Waals surface area contributed by atoms with Crippen molar-refractivity contribution in [1.29, 1.82) is 0 Å². The van der Waals surface area contributed by atoms with Gasteiger partial charge < -0.3 is 10.0 Å². The van der Waals surface area contributed by atoms with Crippen molar-refractivity contribution in [3.8, 4) is 0 Å². The van der Waals surface area contributed by atoms with Gasteiger partial charge in [0.25, 0.3) is 0 Å². The molecule has 0 saturated carbocycles. The zero-order chi connectivity index (χ0) is 17.1. The Balaban J connectivity index is 1.57. The van der Waals surface area contributed by atoms with Gasteiger partial charge in [-0.25, -0.2) is 9.18 Å². The van der Waals surface area contributed by atoms with Gasteiger partial charge in [0.15, 0.2) is 0 Å².